The molecule has 2 amide bonds. The number of nitrogens with one attached hydrogen (secondary N) is 2. The molecule has 1 aliphatic rings. The second kappa shape index (κ2) is 8.19. The van der Waals surface area contributed by atoms with Crippen LogP contribution in [0.2, 0.25) is 0 Å². The summed E-state index contributed by atoms with van der Waals surface area (Å²) in [6, 6.07) is 4.49. The summed E-state index contributed by atoms with van der Waals surface area (Å²) in [7, 11) is 1.29. The van der Waals surface area contributed by atoms with E-state index in [2.05, 4.69) is 15.5 Å². The summed E-state index contributed by atoms with van der Waals surface area (Å²) in [5.74, 6) is -1.47. The first-order valence-corrected chi connectivity index (χ1v) is 7.75. The number of ether oxygens (including phenoxy) is 1. The van der Waals surface area contributed by atoms with E-state index in [0.717, 1.165) is 31.6 Å². The van der Waals surface area contributed by atoms with Crippen LogP contribution in [0.5, 0.6) is 0 Å². The number of carbonyl (C=O) groups is 3. The number of urea groups is 1. The molecule has 1 saturated heterocycles. The van der Waals surface area contributed by atoms with Gasteiger partial charge < -0.3 is 25.4 Å². The molecule has 0 aromatic heterocycles. The number of hydrogen-bond donors (Lipinski definition) is 3. The Morgan fingerprint density at radius 2 is 1.96 bits per heavy atom. The molecule has 0 saturated carbocycles. The average molecular weight is 335 g/mol. The Morgan fingerprint density at radius 1 is 1.25 bits per heavy atom. The van der Waals surface area contributed by atoms with Gasteiger partial charge in [-0.15, -0.1) is 0 Å². The smallest absolute Gasteiger partial charge is 0.337 e. The fraction of sp³-hybridized carbons (Fsp3) is 0.438. The van der Waals surface area contributed by atoms with Crippen molar-refractivity contribution >= 4 is 29.3 Å². The highest BCUT2D eigenvalue weighted by atomic mass is 16.5. The van der Waals surface area contributed by atoms with Crippen LogP contribution in [-0.2, 0) is 9.53 Å². The number of amides is 2. The Bertz CT molecular complexity index is 626. The van der Waals surface area contributed by atoms with Gasteiger partial charge in [-0.1, -0.05) is 0 Å². The first kappa shape index (κ1) is 17.6. The van der Waals surface area contributed by atoms with Crippen LogP contribution in [0.1, 0.15) is 29.6 Å². The average Bonchev–Trinajstić information content (AvgIpc) is 3.07. The highest BCUT2D eigenvalue weighted by molar-refractivity contribution is 5.97. The van der Waals surface area contributed by atoms with Crippen LogP contribution in [0.25, 0.3) is 0 Å². The van der Waals surface area contributed by atoms with Gasteiger partial charge in [-0.2, -0.15) is 0 Å². The molecule has 0 atom stereocenters. The summed E-state index contributed by atoms with van der Waals surface area (Å²) in [5, 5.41) is 13.8. The Morgan fingerprint density at radius 3 is 2.58 bits per heavy atom. The van der Waals surface area contributed by atoms with Crippen LogP contribution in [0, 0.1) is 0 Å². The lowest BCUT2D eigenvalue weighted by molar-refractivity contribution is -0.136. The number of methoxy groups -OCH3 is 1. The fourth-order valence-corrected chi connectivity index (χ4v) is 2.56. The number of esters is 1. The van der Waals surface area contributed by atoms with E-state index in [1.54, 1.807) is 18.2 Å². The van der Waals surface area contributed by atoms with Crippen molar-refractivity contribution in [2.75, 3.05) is 37.0 Å². The first-order chi connectivity index (χ1) is 11.5. The highest BCUT2D eigenvalue weighted by Crippen LogP contribution is 2.30. The van der Waals surface area contributed by atoms with E-state index in [4.69, 9.17) is 9.84 Å². The van der Waals surface area contributed by atoms with Crippen molar-refractivity contribution in [3.05, 3.63) is 23.8 Å². The maximum atomic E-state index is 12.0. The molecule has 0 unspecified atom stereocenters. The number of carboxylic acid groups (broad SMARTS) is 1. The van der Waals surface area contributed by atoms with E-state index in [9.17, 15) is 14.4 Å². The Labute approximate surface area is 139 Å². The van der Waals surface area contributed by atoms with Gasteiger partial charge >= 0.3 is 18.0 Å². The van der Waals surface area contributed by atoms with E-state index in [1.165, 1.54) is 7.11 Å². The number of benzene rings is 1. The van der Waals surface area contributed by atoms with Gasteiger partial charge in [0.05, 0.1) is 30.5 Å². The molecule has 1 aromatic carbocycles. The van der Waals surface area contributed by atoms with Gasteiger partial charge in [-0.05, 0) is 31.0 Å². The SMILES string of the molecule is COC(=O)c1ccc(N2CCCC2)c(NC(=O)NCCC(=O)O)c1. The van der Waals surface area contributed by atoms with Gasteiger partial charge in [-0.3, -0.25) is 4.79 Å². The molecule has 0 radical (unpaired) electrons. The minimum absolute atomic E-state index is 0.0247. The number of aliphatic carboxylic acids is 1. The Balaban J connectivity index is 2.15. The molecule has 24 heavy (non-hydrogen) atoms. The maximum absolute atomic E-state index is 12.0. The summed E-state index contributed by atoms with van der Waals surface area (Å²) >= 11 is 0. The number of nitrogens with zero attached hydrogens (tertiary/aromatic N) is 1. The van der Waals surface area contributed by atoms with Gasteiger partial charge in [0.2, 0.25) is 0 Å². The summed E-state index contributed by atoms with van der Waals surface area (Å²) < 4.78 is 4.71. The van der Waals surface area contributed by atoms with Gasteiger partial charge in [0.1, 0.15) is 0 Å². The third-order valence-electron chi connectivity index (χ3n) is 3.74. The zero-order chi connectivity index (χ0) is 17.5. The normalized spacial score (nSPS) is 13.5. The lowest BCUT2D eigenvalue weighted by atomic mass is 10.1. The van der Waals surface area contributed by atoms with Crippen molar-refractivity contribution < 1.29 is 24.2 Å². The molecule has 3 N–H and O–H groups in total. The van der Waals surface area contributed by atoms with Crippen molar-refractivity contribution in [1.29, 1.82) is 0 Å². The molecule has 1 aliphatic heterocycles. The number of hydrogen-bond acceptors (Lipinski definition) is 5. The zero-order valence-corrected chi connectivity index (χ0v) is 13.5. The van der Waals surface area contributed by atoms with Crippen LogP contribution in [0.15, 0.2) is 18.2 Å². The second-order valence-corrected chi connectivity index (χ2v) is 5.44. The standard InChI is InChI=1S/C16H21N3O5/c1-24-15(22)11-4-5-13(19-8-2-3-9-19)12(10-11)18-16(23)17-7-6-14(20)21/h4-5,10H,2-3,6-9H2,1H3,(H,20,21)(H2,17,18,23). The molecule has 0 bridgehead atoms. The molecule has 0 aliphatic carbocycles. The lowest BCUT2D eigenvalue weighted by Gasteiger charge is -2.22. The quantitative estimate of drug-likeness (QED) is 0.683. The van der Waals surface area contributed by atoms with E-state index in [-0.39, 0.29) is 13.0 Å². The Kier molecular flexibility index (Phi) is 6.00. The maximum Gasteiger partial charge on any atom is 0.337 e. The van der Waals surface area contributed by atoms with Crippen molar-refractivity contribution in [3.8, 4) is 0 Å². The molecule has 0 spiro atoms. The summed E-state index contributed by atoms with van der Waals surface area (Å²) in [5.41, 5.74) is 1.66. The van der Waals surface area contributed by atoms with Gasteiger partial charge in [0.15, 0.2) is 0 Å². The lowest BCUT2D eigenvalue weighted by Crippen LogP contribution is -2.31. The Hall–Kier alpha value is -2.77. The van der Waals surface area contributed by atoms with Crippen LogP contribution >= 0.6 is 0 Å². The van der Waals surface area contributed by atoms with Gasteiger partial charge in [-0.25, -0.2) is 9.59 Å². The molecule has 1 fully saturated rings. The van der Waals surface area contributed by atoms with E-state index >= 15 is 0 Å². The highest BCUT2D eigenvalue weighted by Gasteiger charge is 2.19. The number of carboxylic acids is 1. The van der Waals surface area contributed by atoms with E-state index in [0.29, 0.717) is 11.3 Å². The fourth-order valence-electron chi connectivity index (χ4n) is 2.56. The molecule has 1 heterocycles. The van der Waals surface area contributed by atoms with Crippen molar-refractivity contribution in [2.45, 2.75) is 19.3 Å². The largest absolute Gasteiger partial charge is 0.481 e. The van der Waals surface area contributed by atoms with Crippen LogP contribution < -0.4 is 15.5 Å². The predicted molar refractivity (Wildman–Crippen MR) is 88.5 cm³/mol. The van der Waals surface area contributed by atoms with Crippen molar-refractivity contribution in [2.24, 2.45) is 0 Å². The summed E-state index contributed by atoms with van der Waals surface area (Å²) in [6.07, 6.45) is 1.99. The molecule has 130 valence electrons. The van der Waals surface area contributed by atoms with Crippen molar-refractivity contribution in [1.82, 2.24) is 5.32 Å². The minimum Gasteiger partial charge on any atom is -0.481 e. The first-order valence-electron chi connectivity index (χ1n) is 7.75. The van der Waals surface area contributed by atoms with Crippen LogP contribution in [-0.4, -0.2) is 49.8 Å². The number of rotatable bonds is 6. The molecular weight excluding hydrogens is 314 g/mol. The third-order valence-corrected chi connectivity index (χ3v) is 3.74. The van der Waals surface area contributed by atoms with Gasteiger partial charge in [0.25, 0.3) is 0 Å². The summed E-state index contributed by atoms with van der Waals surface area (Å²) in [4.78, 5) is 36.3. The molecule has 8 heteroatoms. The monoisotopic (exact) mass is 335 g/mol. The number of carbonyl (C=O) groups excluding carboxylic acids is 2. The van der Waals surface area contributed by atoms with Crippen molar-refractivity contribution in [3.63, 3.8) is 0 Å². The molecule has 2 rings (SSSR count). The third kappa shape index (κ3) is 4.61. The molecular formula is C16H21N3O5. The second-order valence-electron chi connectivity index (χ2n) is 5.44. The van der Waals surface area contributed by atoms with Crippen LogP contribution in [0.4, 0.5) is 16.2 Å². The van der Waals surface area contributed by atoms with E-state index in [1.807, 2.05) is 0 Å². The van der Waals surface area contributed by atoms with Crippen LogP contribution in [0.3, 0.4) is 0 Å². The van der Waals surface area contributed by atoms with E-state index < -0.39 is 18.0 Å². The topological polar surface area (TPSA) is 108 Å². The molecule has 8 nitrogen and oxygen atoms in total. The summed E-state index contributed by atoms with van der Waals surface area (Å²) in [6.45, 7) is 1.79. The predicted octanol–water partition coefficient (Wildman–Crippen LogP) is 1.67. The number of anilines is 2. The minimum atomic E-state index is -0.985. The zero-order valence-electron chi connectivity index (χ0n) is 13.5. The van der Waals surface area contributed by atoms with Gasteiger partial charge in [0, 0.05) is 19.6 Å². The molecule has 1 aromatic rings.